The molecule has 0 unspecified atom stereocenters. The van der Waals surface area contributed by atoms with Crippen molar-refractivity contribution in [1.29, 1.82) is 0 Å². The standard InChI is InChI=1S/C26H29N7O/c34-24(17-21-7-3-1-4-8-21)27-11-12-33-26-23(18-30-33)25(28-20-29-26)32-15-13-31(14-16-32)19-22-9-5-2-6-10-22/h1-10,18,20H,11-17,19H2,(H,27,34). The molecule has 8 heteroatoms. The summed E-state index contributed by atoms with van der Waals surface area (Å²) < 4.78 is 1.84. The van der Waals surface area contributed by atoms with E-state index in [1.54, 1.807) is 6.33 Å². The Morgan fingerprint density at radius 1 is 0.882 bits per heavy atom. The van der Waals surface area contributed by atoms with Gasteiger partial charge in [0, 0.05) is 39.3 Å². The van der Waals surface area contributed by atoms with Crippen LogP contribution < -0.4 is 10.2 Å². The Morgan fingerprint density at radius 3 is 2.32 bits per heavy atom. The maximum absolute atomic E-state index is 12.2. The lowest BCUT2D eigenvalue weighted by molar-refractivity contribution is -0.120. The van der Waals surface area contributed by atoms with Crippen LogP contribution in [0.25, 0.3) is 11.0 Å². The van der Waals surface area contributed by atoms with Gasteiger partial charge in [-0.2, -0.15) is 5.10 Å². The van der Waals surface area contributed by atoms with Crippen LogP contribution in [0, 0.1) is 0 Å². The van der Waals surface area contributed by atoms with E-state index in [2.05, 4.69) is 60.5 Å². The van der Waals surface area contributed by atoms with Crippen molar-refractivity contribution in [3.63, 3.8) is 0 Å². The van der Waals surface area contributed by atoms with Crippen LogP contribution in [0.5, 0.6) is 0 Å². The molecule has 34 heavy (non-hydrogen) atoms. The van der Waals surface area contributed by atoms with Crippen molar-refractivity contribution in [3.8, 4) is 0 Å². The molecule has 5 rings (SSSR count). The number of hydrogen-bond donors (Lipinski definition) is 1. The topological polar surface area (TPSA) is 79.2 Å². The van der Waals surface area contributed by atoms with Crippen LogP contribution in [0.1, 0.15) is 11.1 Å². The summed E-state index contributed by atoms with van der Waals surface area (Å²) in [7, 11) is 0. The summed E-state index contributed by atoms with van der Waals surface area (Å²) in [4.78, 5) is 26.1. The fourth-order valence-corrected chi connectivity index (χ4v) is 4.40. The first-order chi connectivity index (χ1) is 16.8. The van der Waals surface area contributed by atoms with E-state index < -0.39 is 0 Å². The lowest BCUT2D eigenvalue weighted by atomic mass is 10.1. The average Bonchev–Trinajstić information content (AvgIpc) is 3.29. The summed E-state index contributed by atoms with van der Waals surface area (Å²) in [5.74, 6) is 0.940. The molecule has 0 radical (unpaired) electrons. The van der Waals surface area contributed by atoms with Crippen molar-refractivity contribution in [2.24, 2.45) is 0 Å². The molecule has 0 atom stereocenters. The lowest BCUT2D eigenvalue weighted by Crippen LogP contribution is -2.46. The van der Waals surface area contributed by atoms with Crippen molar-refractivity contribution in [2.45, 2.75) is 19.5 Å². The zero-order valence-corrected chi connectivity index (χ0v) is 19.2. The van der Waals surface area contributed by atoms with Gasteiger partial charge in [0.2, 0.25) is 5.91 Å². The highest BCUT2D eigenvalue weighted by Crippen LogP contribution is 2.24. The molecular weight excluding hydrogens is 426 g/mol. The largest absolute Gasteiger partial charge is 0.354 e. The fraction of sp³-hybridized carbons (Fsp3) is 0.308. The minimum Gasteiger partial charge on any atom is -0.354 e. The first-order valence-corrected chi connectivity index (χ1v) is 11.7. The first kappa shape index (κ1) is 22.0. The van der Waals surface area contributed by atoms with Crippen LogP contribution >= 0.6 is 0 Å². The van der Waals surface area contributed by atoms with E-state index in [1.165, 1.54) is 5.56 Å². The van der Waals surface area contributed by atoms with Crippen LogP contribution in [-0.4, -0.2) is 63.3 Å². The second-order valence-corrected chi connectivity index (χ2v) is 8.56. The van der Waals surface area contributed by atoms with E-state index in [1.807, 2.05) is 41.2 Å². The van der Waals surface area contributed by atoms with Gasteiger partial charge in [0.05, 0.1) is 24.5 Å². The Bertz CT molecular complexity index is 1220. The van der Waals surface area contributed by atoms with Gasteiger partial charge in [0.15, 0.2) is 5.65 Å². The molecule has 2 aromatic heterocycles. The third-order valence-corrected chi connectivity index (χ3v) is 6.19. The predicted octanol–water partition coefficient (Wildman–Crippen LogP) is 2.51. The molecule has 1 saturated heterocycles. The van der Waals surface area contributed by atoms with Gasteiger partial charge in [0.25, 0.3) is 0 Å². The van der Waals surface area contributed by atoms with E-state index >= 15 is 0 Å². The Morgan fingerprint density at radius 2 is 1.59 bits per heavy atom. The Balaban J connectivity index is 1.17. The van der Waals surface area contributed by atoms with Gasteiger partial charge < -0.3 is 10.2 Å². The summed E-state index contributed by atoms with van der Waals surface area (Å²) >= 11 is 0. The molecule has 3 heterocycles. The van der Waals surface area contributed by atoms with Gasteiger partial charge in [-0.1, -0.05) is 60.7 Å². The molecule has 1 aliphatic rings. The molecule has 0 spiro atoms. The summed E-state index contributed by atoms with van der Waals surface area (Å²) in [6.07, 6.45) is 3.83. The normalized spacial score (nSPS) is 14.4. The SMILES string of the molecule is O=C(Cc1ccccc1)NCCn1ncc2c(N3CCN(Cc4ccccc4)CC3)ncnc21. The van der Waals surface area contributed by atoms with Crippen molar-refractivity contribution in [2.75, 3.05) is 37.6 Å². The molecule has 2 aromatic carbocycles. The molecule has 0 bridgehead atoms. The van der Waals surface area contributed by atoms with E-state index in [0.29, 0.717) is 19.5 Å². The maximum atomic E-state index is 12.2. The number of carbonyl (C=O) groups is 1. The number of nitrogens with zero attached hydrogens (tertiary/aromatic N) is 6. The van der Waals surface area contributed by atoms with Crippen molar-refractivity contribution >= 4 is 22.8 Å². The van der Waals surface area contributed by atoms with Gasteiger partial charge in [-0.3, -0.25) is 9.69 Å². The second kappa shape index (κ2) is 10.4. The molecule has 174 valence electrons. The van der Waals surface area contributed by atoms with Gasteiger partial charge in [-0.05, 0) is 11.1 Å². The number of anilines is 1. The lowest BCUT2D eigenvalue weighted by Gasteiger charge is -2.35. The summed E-state index contributed by atoms with van der Waals surface area (Å²) in [5.41, 5.74) is 3.15. The number of nitrogens with one attached hydrogen (secondary N) is 1. The highest BCUT2D eigenvalue weighted by atomic mass is 16.1. The van der Waals surface area contributed by atoms with Crippen molar-refractivity contribution in [3.05, 3.63) is 84.3 Å². The Kier molecular flexibility index (Phi) is 6.76. The number of fused-ring (bicyclic) bond motifs is 1. The summed E-state index contributed by atoms with van der Waals surface area (Å²) in [5, 5.41) is 8.46. The third-order valence-electron chi connectivity index (χ3n) is 6.19. The minimum atomic E-state index is 0.00588. The summed E-state index contributed by atoms with van der Waals surface area (Å²) in [6, 6.07) is 20.4. The maximum Gasteiger partial charge on any atom is 0.224 e. The molecule has 1 N–H and O–H groups in total. The second-order valence-electron chi connectivity index (χ2n) is 8.56. The van der Waals surface area contributed by atoms with Gasteiger partial charge >= 0.3 is 0 Å². The third kappa shape index (κ3) is 5.23. The zero-order valence-electron chi connectivity index (χ0n) is 19.2. The van der Waals surface area contributed by atoms with Crippen LogP contribution in [0.4, 0.5) is 5.82 Å². The molecule has 1 aliphatic heterocycles. The van der Waals surface area contributed by atoms with Crippen molar-refractivity contribution < 1.29 is 4.79 Å². The molecule has 1 amide bonds. The van der Waals surface area contributed by atoms with Gasteiger partial charge in [0.1, 0.15) is 12.1 Å². The van der Waals surface area contributed by atoms with E-state index in [-0.39, 0.29) is 5.91 Å². The summed E-state index contributed by atoms with van der Waals surface area (Å²) in [6.45, 7) is 5.84. The van der Waals surface area contributed by atoms with Crippen LogP contribution in [-0.2, 0) is 24.3 Å². The molecule has 1 fully saturated rings. The van der Waals surface area contributed by atoms with Gasteiger partial charge in [-0.15, -0.1) is 0 Å². The van der Waals surface area contributed by atoms with Crippen LogP contribution in [0.15, 0.2) is 73.2 Å². The predicted molar refractivity (Wildman–Crippen MR) is 132 cm³/mol. The Hall–Kier alpha value is -3.78. The number of rotatable bonds is 8. The quantitative estimate of drug-likeness (QED) is 0.440. The number of aromatic nitrogens is 4. The number of carbonyl (C=O) groups excluding carboxylic acids is 1. The monoisotopic (exact) mass is 455 g/mol. The zero-order chi connectivity index (χ0) is 23.2. The molecule has 4 aromatic rings. The van der Waals surface area contributed by atoms with E-state index in [4.69, 9.17) is 0 Å². The molecule has 8 nitrogen and oxygen atoms in total. The number of amides is 1. The van der Waals surface area contributed by atoms with E-state index in [9.17, 15) is 4.79 Å². The number of benzene rings is 2. The number of hydrogen-bond acceptors (Lipinski definition) is 6. The van der Waals surface area contributed by atoms with Gasteiger partial charge in [-0.25, -0.2) is 14.6 Å². The highest BCUT2D eigenvalue weighted by molar-refractivity contribution is 5.86. The first-order valence-electron chi connectivity index (χ1n) is 11.7. The molecule has 0 aliphatic carbocycles. The van der Waals surface area contributed by atoms with Crippen molar-refractivity contribution in [1.82, 2.24) is 30.0 Å². The molecular formula is C26H29N7O. The highest BCUT2D eigenvalue weighted by Gasteiger charge is 2.21. The fourth-order valence-electron chi connectivity index (χ4n) is 4.40. The van der Waals surface area contributed by atoms with E-state index in [0.717, 1.165) is 55.1 Å². The van der Waals surface area contributed by atoms with Crippen LogP contribution in [0.2, 0.25) is 0 Å². The number of piperazine rings is 1. The minimum absolute atomic E-state index is 0.00588. The van der Waals surface area contributed by atoms with Crippen LogP contribution in [0.3, 0.4) is 0 Å². The molecule has 0 saturated carbocycles. The Labute approximate surface area is 199 Å². The smallest absolute Gasteiger partial charge is 0.224 e. The average molecular weight is 456 g/mol.